The number of rotatable bonds is 6. The van der Waals surface area contributed by atoms with Crippen LogP contribution in [0.4, 0.5) is 16.2 Å². The van der Waals surface area contributed by atoms with E-state index in [1.807, 2.05) is 18.2 Å². The Labute approximate surface area is 190 Å². The Morgan fingerprint density at radius 2 is 1.47 bits per heavy atom. The summed E-state index contributed by atoms with van der Waals surface area (Å²) < 4.78 is 5.17. The van der Waals surface area contributed by atoms with Crippen LogP contribution < -0.4 is 16.0 Å². The van der Waals surface area contributed by atoms with E-state index in [0.29, 0.717) is 29.1 Å². The zero-order valence-corrected chi connectivity index (χ0v) is 19.3. The average Bonchev–Trinajstić information content (AvgIpc) is 2.67. The molecule has 0 aromatic heterocycles. The summed E-state index contributed by atoms with van der Waals surface area (Å²) in [5, 5.41) is 8.58. The first-order valence-electron chi connectivity index (χ1n) is 11.8. The number of nitrogens with one attached hydrogen (secondary N) is 3. The number of carbonyl (C=O) groups excluding carboxylic acids is 3. The van der Waals surface area contributed by atoms with Crippen molar-refractivity contribution in [3.63, 3.8) is 0 Å². The summed E-state index contributed by atoms with van der Waals surface area (Å²) in [4.78, 5) is 37.5. The van der Waals surface area contributed by atoms with Crippen molar-refractivity contribution in [2.45, 2.75) is 71.3 Å². The summed E-state index contributed by atoms with van der Waals surface area (Å²) in [5.41, 5.74) is 0.373. The summed E-state index contributed by atoms with van der Waals surface area (Å²) in [6.45, 7) is 5.53. The molecule has 1 aromatic carbocycles. The maximum Gasteiger partial charge on any atom is 0.407 e. The Hall–Kier alpha value is -2.57. The molecule has 0 heterocycles. The molecule has 7 nitrogen and oxygen atoms in total. The molecule has 4 saturated carbocycles. The number of anilines is 2. The highest BCUT2D eigenvalue weighted by molar-refractivity contribution is 6.01. The molecule has 0 radical (unpaired) electrons. The van der Waals surface area contributed by atoms with Crippen molar-refractivity contribution in [3.8, 4) is 0 Å². The fourth-order valence-corrected chi connectivity index (χ4v) is 6.15. The van der Waals surface area contributed by atoms with Crippen molar-refractivity contribution >= 4 is 29.3 Å². The molecule has 4 aliphatic carbocycles. The zero-order valence-electron chi connectivity index (χ0n) is 19.3. The van der Waals surface area contributed by atoms with Crippen LogP contribution in [0, 0.1) is 23.2 Å². The summed E-state index contributed by atoms with van der Waals surface area (Å²) >= 11 is 0. The van der Waals surface area contributed by atoms with Crippen LogP contribution in [0.2, 0.25) is 0 Å². The number of amides is 3. The van der Waals surface area contributed by atoms with Gasteiger partial charge in [0, 0.05) is 13.0 Å². The van der Waals surface area contributed by atoms with Crippen molar-refractivity contribution in [2.75, 3.05) is 17.2 Å². The number of benzene rings is 1. The van der Waals surface area contributed by atoms with Crippen molar-refractivity contribution in [1.82, 2.24) is 5.32 Å². The van der Waals surface area contributed by atoms with Gasteiger partial charge in [-0.05, 0) is 89.2 Å². The maximum atomic E-state index is 13.4. The first-order valence-corrected chi connectivity index (χ1v) is 11.8. The lowest BCUT2D eigenvalue weighted by Crippen LogP contribution is -2.51. The predicted octanol–water partition coefficient (Wildman–Crippen LogP) is 4.69. The third kappa shape index (κ3) is 5.25. The van der Waals surface area contributed by atoms with Gasteiger partial charge in [0.25, 0.3) is 0 Å². The van der Waals surface area contributed by atoms with Gasteiger partial charge in [-0.2, -0.15) is 0 Å². The molecule has 3 N–H and O–H groups in total. The summed E-state index contributed by atoms with van der Waals surface area (Å²) in [6, 6.07) is 7.30. The Kier molecular flexibility index (Phi) is 6.19. The number of alkyl carbamates (subject to hydrolysis) is 1. The largest absolute Gasteiger partial charge is 0.444 e. The van der Waals surface area contributed by atoms with Crippen molar-refractivity contribution in [2.24, 2.45) is 23.2 Å². The van der Waals surface area contributed by atoms with Crippen molar-refractivity contribution in [1.29, 1.82) is 0 Å². The average molecular weight is 442 g/mol. The van der Waals surface area contributed by atoms with Crippen LogP contribution in [-0.2, 0) is 14.3 Å². The minimum Gasteiger partial charge on any atom is -0.444 e. The lowest BCUT2D eigenvalue weighted by Gasteiger charge is -2.55. The summed E-state index contributed by atoms with van der Waals surface area (Å²) in [5.74, 6) is 1.95. The molecule has 3 amide bonds. The molecule has 7 heteroatoms. The molecule has 0 saturated heterocycles. The number of carbonyl (C=O) groups is 3. The van der Waals surface area contributed by atoms with Crippen LogP contribution in [0.3, 0.4) is 0 Å². The predicted molar refractivity (Wildman–Crippen MR) is 123 cm³/mol. The second kappa shape index (κ2) is 8.75. The first kappa shape index (κ1) is 22.6. The first-order chi connectivity index (χ1) is 15.1. The molecule has 0 aliphatic heterocycles. The Morgan fingerprint density at radius 3 is 2.00 bits per heavy atom. The Balaban J connectivity index is 1.33. The fraction of sp³-hybridized carbons (Fsp3) is 0.640. The van der Waals surface area contributed by atoms with Gasteiger partial charge in [-0.25, -0.2) is 4.79 Å². The highest BCUT2D eigenvalue weighted by Gasteiger charge is 2.54. The van der Waals surface area contributed by atoms with Gasteiger partial charge < -0.3 is 20.7 Å². The molecule has 32 heavy (non-hydrogen) atoms. The van der Waals surface area contributed by atoms with E-state index in [2.05, 4.69) is 16.0 Å². The molecule has 174 valence electrons. The van der Waals surface area contributed by atoms with E-state index in [9.17, 15) is 14.4 Å². The van der Waals surface area contributed by atoms with Gasteiger partial charge >= 0.3 is 6.09 Å². The molecule has 0 spiro atoms. The minimum absolute atomic E-state index is 0.102. The molecular weight excluding hydrogens is 406 g/mol. The second-order valence-electron chi connectivity index (χ2n) is 10.9. The highest BCUT2D eigenvalue weighted by Crippen LogP contribution is 2.60. The monoisotopic (exact) mass is 441 g/mol. The number of para-hydroxylation sites is 2. The summed E-state index contributed by atoms with van der Waals surface area (Å²) in [6.07, 6.45) is 6.41. The van der Waals surface area contributed by atoms with Crippen molar-refractivity contribution in [3.05, 3.63) is 24.3 Å². The van der Waals surface area contributed by atoms with Gasteiger partial charge in [0.2, 0.25) is 11.8 Å². The van der Waals surface area contributed by atoms with Crippen LogP contribution in [0.25, 0.3) is 0 Å². The van der Waals surface area contributed by atoms with E-state index >= 15 is 0 Å². The van der Waals surface area contributed by atoms with Crippen LogP contribution in [-0.4, -0.2) is 30.1 Å². The smallest absolute Gasteiger partial charge is 0.407 e. The maximum absolute atomic E-state index is 13.4. The fourth-order valence-electron chi connectivity index (χ4n) is 6.15. The van der Waals surface area contributed by atoms with E-state index in [-0.39, 0.29) is 30.2 Å². The minimum atomic E-state index is -0.583. The molecule has 0 atom stereocenters. The third-order valence-corrected chi connectivity index (χ3v) is 6.99. The van der Waals surface area contributed by atoms with E-state index in [1.165, 1.54) is 19.3 Å². The van der Waals surface area contributed by atoms with E-state index in [0.717, 1.165) is 19.3 Å². The van der Waals surface area contributed by atoms with Gasteiger partial charge in [0.05, 0.1) is 16.8 Å². The lowest BCUT2D eigenvalue weighted by atomic mass is 9.49. The van der Waals surface area contributed by atoms with E-state index < -0.39 is 11.7 Å². The summed E-state index contributed by atoms with van der Waals surface area (Å²) in [7, 11) is 0. The molecule has 0 unspecified atom stereocenters. The Bertz CT molecular complexity index is 854. The van der Waals surface area contributed by atoms with Crippen LogP contribution in [0.1, 0.15) is 65.7 Å². The second-order valence-corrected chi connectivity index (χ2v) is 10.9. The topological polar surface area (TPSA) is 96.5 Å². The lowest BCUT2D eigenvalue weighted by molar-refractivity contribution is -0.140. The van der Waals surface area contributed by atoms with Gasteiger partial charge in [-0.1, -0.05) is 12.1 Å². The SMILES string of the molecule is CC(C)(C)OC(=O)NCCC(=O)Nc1ccccc1NC(=O)C12CC3CC(CC(C3)C1)C2. The highest BCUT2D eigenvalue weighted by atomic mass is 16.6. The number of ether oxygens (including phenoxy) is 1. The third-order valence-electron chi connectivity index (χ3n) is 6.99. The van der Waals surface area contributed by atoms with Gasteiger partial charge in [-0.15, -0.1) is 0 Å². The van der Waals surface area contributed by atoms with Crippen LogP contribution >= 0.6 is 0 Å². The molecule has 4 aliphatic rings. The molecule has 5 rings (SSSR count). The van der Waals surface area contributed by atoms with Crippen LogP contribution in [0.5, 0.6) is 0 Å². The standard InChI is InChI=1S/C25H35N3O4/c1-24(2,3)32-23(31)26-9-8-21(29)27-19-6-4-5-7-20(19)28-22(30)25-13-16-10-17(14-25)12-18(11-16)15-25/h4-7,16-18H,8-15H2,1-3H3,(H,26,31)(H,27,29)(H,28,30). The van der Waals surface area contributed by atoms with Crippen LogP contribution in [0.15, 0.2) is 24.3 Å². The zero-order chi connectivity index (χ0) is 22.9. The van der Waals surface area contributed by atoms with E-state index in [1.54, 1.807) is 26.8 Å². The molecular formula is C25H35N3O4. The van der Waals surface area contributed by atoms with Gasteiger partial charge in [0.1, 0.15) is 5.60 Å². The van der Waals surface area contributed by atoms with Gasteiger partial charge in [0.15, 0.2) is 0 Å². The van der Waals surface area contributed by atoms with E-state index in [4.69, 9.17) is 4.74 Å². The molecule has 1 aromatic rings. The van der Waals surface area contributed by atoms with Crippen molar-refractivity contribution < 1.29 is 19.1 Å². The number of hydrogen-bond acceptors (Lipinski definition) is 4. The normalized spacial score (nSPS) is 28.2. The quantitative estimate of drug-likeness (QED) is 0.596. The Morgan fingerprint density at radius 1 is 0.938 bits per heavy atom. The number of hydrogen-bond donors (Lipinski definition) is 3. The molecule has 4 fully saturated rings. The van der Waals surface area contributed by atoms with Gasteiger partial charge in [-0.3, -0.25) is 9.59 Å². The molecule has 4 bridgehead atoms.